The van der Waals surface area contributed by atoms with Gasteiger partial charge in [0.25, 0.3) is 0 Å². The molecule has 0 aliphatic rings. The Labute approximate surface area is 354 Å². The molecule has 0 aromatic heterocycles. The Hall–Kier alpha value is -3.24. The van der Waals surface area contributed by atoms with Crippen molar-refractivity contribution in [2.45, 2.75) is 58.8 Å². The molecule has 0 atom stereocenters. The van der Waals surface area contributed by atoms with Gasteiger partial charge in [-0.15, -0.1) is 0 Å². The molecule has 0 saturated heterocycles. The molecule has 0 spiro atoms. The molecule has 0 unspecified atom stereocenters. The summed E-state index contributed by atoms with van der Waals surface area (Å²) in [7, 11) is 0. The van der Waals surface area contributed by atoms with E-state index >= 15 is 0 Å². The number of hydrogen-bond donors (Lipinski definition) is 1. The monoisotopic (exact) mass is 842 g/mol. The number of anilines is 1. The zero-order valence-corrected chi connectivity index (χ0v) is 34.7. The van der Waals surface area contributed by atoms with Gasteiger partial charge in [-0.05, 0) is 114 Å². The Morgan fingerprint density at radius 1 is 0.558 bits per heavy atom. The molecule has 0 aliphatic carbocycles. The van der Waals surface area contributed by atoms with Crippen molar-refractivity contribution in [3.05, 3.63) is 187 Å². The van der Waals surface area contributed by atoms with Crippen LogP contribution in [-0.4, -0.2) is 0 Å². The maximum Gasteiger partial charge on any atom is 0.0734 e. The molecule has 0 aliphatic heterocycles. The molecule has 0 bridgehead atoms. The predicted molar refractivity (Wildman–Crippen MR) is 235 cm³/mol. The molecule has 2 N–H and O–H groups in total. The van der Waals surface area contributed by atoms with Gasteiger partial charge in [0.1, 0.15) is 0 Å². The van der Waals surface area contributed by atoms with Crippen molar-refractivity contribution in [3.63, 3.8) is 0 Å². The Balaban J connectivity index is 0.000000275. The topological polar surface area (TPSA) is 26.0 Å². The Morgan fingerprint density at radius 3 is 1.38 bits per heavy atom. The van der Waals surface area contributed by atoms with Crippen LogP contribution in [0, 0.1) is 7.43 Å². The van der Waals surface area contributed by atoms with Crippen LogP contribution in [0.5, 0.6) is 0 Å². The van der Waals surface area contributed by atoms with Gasteiger partial charge in [-0.1, -0.05) is 185 Å². The lowest BCUT2D eigenvalue weighted by Gasteiger charge is -2.19. The average molecular weight is 846 g/mol. The third-order valence-electron chi connectivity index (χ3n) is 7.66. The molecule has 272 valence electrons. The van der Waals surface area contributed by atoms with E-state index in [1.807, 2.05) is 24.3 Å². The van der Waals surface area contributed by atoms with Gasteiger partial charge in [-0.3, -0.25) is 0 Å². The second-order valence-electron chi connectivity index (χ2n) is 13.7. The quantitative estimate of drug-likeness (QED) is 0.107. The van der Waals surface area contributed by atoms with Crippen molar-refractivity contribution >= 4 is 68.0 Å². The van der Waals surface area contributed by atoms with Crippen LogP contribution in [0.2, 0.25) is 20.1 Å². The maximum atomic E-state index is 8.22. The van der Waals surface area contributed by atoms with Crippen molar-refractivity contribution < 1.29 is 13.7 Å². The first-order valence-electron chi connectivity index (χ1n) is 20.9. The maximum absolute atomic E-state index is 8.22. The van der Waals surface area contributed by atoms with E-state index < -0.39 is 12.1 Å². The first kappa shape index (κ1) is 30.1. The minimum absolute atomic E-state index is 0. The number of rotatable bonds is 4. The van der Waals surface area contributed by atoms with Gasteiger partial charge in [0.2, 0.25) is 0 Å². The summed E-state index contributed by atoms with van der Waals surface area (Å²) in [5.41, 5.74) is 12.1. The van der Waals surface area contributed by atoms with Crippen molar-refractivity contribution in [1.82, 2.24) is 0 Å². The van der Waals surface area contributed by atoms with E-state index in [4.69, 9.17) is 65.8 Å². The van der Waals surface area contributed by atoms with E-state index in [9.17, 15) is 0 Å². The van der Waals surface area contributed by atoms with Gasteiger partial charge >= 0.3 is 0 Å². The van der Waals surface area contributed by atoms with Gasteiger partial charge in [0.05, 0.1) is 33.8 Å². The Bertz CT molecular complexity index is 2510. The number of halogens is 5. The van der Waals surface area contributed by atoms with Gasteiger partial charge in [0, 0.05) is 10.2 Å². The summed E-state index contributed by atoms with van der Waals surface area (Å²) in [5.74, 6) is 0. The van der Waals surface area contributed by atoms with Crippen LogP contribution in [0.25, 0.3) is 22.3 Å². The third-order valence-corrected chi connectivity index (χ3v) is 10.2. The number of nitrogen functional groups attached to an aromatic ring is 1. The molecule has 0 amide bonds. The van der Waals surface area contributed by atoms with Crippen LogP contribution in [0.15, 0.2) is 138 Å². The second-order valence-corrected chi connectivity index (χ2v) is 16.1. The first-order chi connectivity index (χ1) is 28.2. The summed E-state index contributed by atoms with van der Waals surface area (Å²) in [6, 6.07) is 19.2. The van der Waals surface area contributed by atoms with Gasteiger partial charge in [-0.25, -0.2) is 0 Å². The average Bonchev–Trinajstić information content (AvgIpc) is 3.19. The third kappa shape index (κ3) is 12.4. The fourth-order valence-electron chi connectivity index (χ4n) is 4.73. The lowest BCUT2D eigenvalue weighted by molar-refractivity contribution is 0.590. The minimum Gasteiger partial charge on any atom is -0.399 e. The summed E-state index contributed by atoms with van der Waals surface area (Å²) in [6.45, 7) is 13.0. The molecule has 0 heterocycles. The van der Waals surface area contributed by atoms with E-state index in [-0.39, 0.29) is 87.8 Å². The van der Waals surface area contributed by atoms with Gasteiger partial charge < -0.3 is 13.2 Å². The van der Waals surface area contributed by atoms with Crippen LogP contribution < -0.4 is 5.73 Å². The van der Waals surface area contributed by atoms with Crippen LogP contribution in [0.3, 0.4) is 0 Å². The molecule has 6 rings (SSSR count). The number of benzene rings is 6. The number of hydrogen-bond acceptors (Lipinski definition) is 1. The van der Waals surface area contributed by atoms with Crippen LogP contribution in [0.4, 0.5) is 5.69 Å². The molecule has 1 nitrogen and oxygen atoms in total. The highest BCUT2D eigenvalue weighted by atomic mass is 79.9. The minimum atomic E-state index is -0.428. The predicted octanol–water partition coefficient (Wildman–Crippen LogP) is 16.0. The van der Waals surface area contributed by atoms with E-state index in [1.54, 1.807) is 18.2 Å². The molecule has 6 heteroatoms. The largest absolute Gasteiger partial charge is 0.399 e. The van der Waals surface area contributed by atoms with Gasteiger partial charge in [-0.2, -0.15) is 0 Å². The summed E-state index contributed by atoms with van der Waals surface area (Å²) in [5, 5.41) is 1.22. The van der Waals surface area contributed by atoms with Crippen LogP contribution >= 0.6 is 62.3 Å². The normalized spacial score (nSPS) is 13.7. The van der Waals surface area contributed by atoms with Gasteiger partial charge in [0.15, 0.2) is 0 Å². The first-order valence-corrected chi connectivity index (χ1v) is 18.2. The lowest BCUT2D eigenvalue weighted by atomic mass is 9.86. The highest BCUT2D eigenvalue weighted by Crippen LogP contribution is 2.36. The van der Waals surface area contributed by atoms with Crippen molar-refractivity contribution in [2.24, 2.45) is 0 Å². The molecule has 0 radical (unpaired) electrons. The Morgan fingerprint density at radius 2 is 0.962 bits per heavy atom. The molecule has 0 saturated carbocycles. The van der Waals surface area contributed by atoms with Crippen molar-refractivity contribution in [3.8, 4) is 22.3 Å². The Kier molecular flexibility index (Phi) is 11.1. The van der Waals surface area contributed by atoms with E-state index in [2.05, 4.69) is 81.7 Å². The molecule has 6 aromatic carbocycles. The van der Waals surface area contributed by atoms with E-state index in [0.717, 1.165) is 16.8 Å². The van der Waals surface area contributed by atoms with Crippen LogP contribution in [0.1, 0.15) is 77.5 Å². The summed E-state index contributed by atoms with van der Waals surface area (Å²) >= 11 is 27.9. The number of nitrogens with two attached hydrogens (primary N) is 1. The molecule has 6 aromatic rings. The summed E-state index contributed by atoms with van der Waals surface area (Å²) < 4.78 is 79.2. The van der Waals surface area contributed by atoms with E-state index in [0.29, 0.717) is 32.1 Å². The fraction of sp³-hybridized carbons (Fsp3) is 0.196. The SMILES string of the molecule is CC(C)(C)c1ccc(N)cc1.[2H]c1c([2H])c([2H])c(-c2cc(Cl)c(Cl)c(Br)c2)c([2H])c1[2H].[2H]c1c([2H])c([2H])c(-c2cc(Cl)c(Cl)c(Cc3ccc(C(C)(C)C)cc3)c2)c([2H])c1[2H].[CH3-]. The van der Waals surface area contributed by atoms with Crippen molar-refractivity contribution in [2.75, 3.05) is 5.73 Å². The van der Waals surface area contributed by atoms with E-state index in [1.165, 1.54) is 17.2 Å². The van der Waals surface area contributed by atoms with Crippen LogP contribution in [-0.2, 0) is 17.3 Å². The summed E-state index contributed by atoms with van der Waals surface area (Å²) in [4.78, 5) is 0. The highest BCUT2D eigenvalue weighted by Gasteiger charge is 2.15. The molecular weight excluding hydrogens is 788 g/mol. The zero-order chi connectivity index (χ0) is 46.0. The highest BCUT2D eigenvalue weighted by molar-refractivity contribution is 9.10. The summed E-state index contributed by atoms with van der Waals surface area (Å²) in [6.07, 6.45) is 0.509. The fourth-order valence-corrected chi connectivity index (χ4v) is 6.05. The standard InChI is InChI=1S/C23H22Cl2.C12H7BrCl2.C10H15N.CH3/c1-23(2,3)20-11-9-16(10-12-20)13-19-14-18(15-21(24)22(19)25)17-7-5-4-6-8-17;13-10-6-9(7-11(14)12(10)15)8-4-2-1-3-5-8;1-10(2,3)8-4-6-9(11)7-5-8;/h4-12,14-15H,13H2,1-3H3;1-7H;4-7H,11H2,1-3H3;1H3/q;;;-1/i4D,5D,6D,7D,8D;1D,2D,3D,4D,5D;;. The zero-order valence-electron chi connectivity index (χ0n) is 40.1. The van der Waals surface area contributed by atoms with Crippen molar-refractivity contribution in [1.29, 1.82) is 0 Å². The molecule has 0 fully saturated rings. The molecular formula is C46H47BrCl4N-. The lowest BCUT2D eigenvalue weighted by Crippen LogP contribution is -2.10. The second kappa shape index (κ2) is 19.2. The molecule has 52 heavy (non-hydrogen) atoms. The smallest absolute Gasteiger partial charge is 0.0734 e.